The third-order valence-electron chi connectivity index (χ3n) is 4.37. The van der Waals surface area contributed by atoms with Crippen LogP contribution in [0.2, 0.25) is 0 Å². The van der Waals surface area contributed by atoms with Crippen molar-refractivity contribution in [2.45, 2.75) is 18.8 Å². The van der Waals surface area contributed by atoms with E-state index < -0.39 is 0 Å². The molecule has 1 saturated heterocycles. The predicted molar refractivity (Wildman–Crippen MR) is 85.8 cm³/mol. The van der Waals surface area contributed by atoms with Gasteiger partial charge in [-0.3, -0.25) is 5.10 Å². The quantitative estimate of drug-likeness (QED) is 0.679. The first-order valence-electron chi connectivity index (χ1n) is 7.66. The number of aromatic nitrogens is 3. The lowest BCUT2D eigenvalue weighted by Gasteiger charge is -2.24. The Hall–Kier alpha value is -2.40. The summed E-state index contributed by atoms with van der Waals surface area (Å²) in [5.74, 6) is 0.711. The molecule has 5 heteroatoms. The van der Waals surface area contributed by atoms with E-state index in [1.165, 1.54) is 12.0 Å². The number of hydrogen-bond acceptors (Lipinski definition) is 4. The Kier molecular flexibility index (Phi) is 3.27. The van der Waals surface area contributed by atoms with E-state index in [2.05, 4.69) is 26.6 Å². The summed E-state index contributed by atoms with van der Waals surface area (Å²) < 4.78 is 0. The van der Waals surface area contributed by atoms with Crippen LogP contribution in [-0.4, -0.2) is 33.4 Å². The van der Waals surface area contributed by atoms with Crippen LogP contribution in [0.25, 0.3) is 22.3 Å². The maximum Gasteiger partial charge on any atom is 0.156 e. The molecule has 0 bridgehead atoms. The number of phenolic OH excluding ortho intramolecular Hbond substituents is 1. The highest BCUT2D eigenvalue weighted by Gasteiger charge is 2.20. The number of phenols is 1. The lowest BCUT2D eigenvalue weighted by molar-refractivity contribution is 0.463. The number of pyridine rings is 1. The number of nitrogens with zero attached hydrogens (tertiary/aromatic N) is 2. The molecule has 112 valence electrons. The van der Waals surface area contributed by atoms with Gasteiger partial charge < -0.3 is 10.4 Å². The van der Waals surface area contributed by atoms with Gasteiger partial charge in [0.2, 0.25) is 0 Å². The Morgan fingerprint density at radius 2 is 2.14 bits per heavy atom. The number of hydrogen-bond donors (Lipinski definition) is 3. The predicted octanol–water partition coefficient (Wildman–Crippen LogP) is 2.80. The first-order valence-corrected chi connectivity index (χ1v) is 7.66. The summed E-state index contributed by atoms with van der Waals surface area (Å²) in [5, 5.41) is 21.8. The van der Waals surface area contributed by atoms with Crippen molar-refractivity contribution in [3.05, 3.63) is 42.1 Å². The van der Waals surface area contributed by atoms with E-state index in [1.54, 1.807) is 6.07 Å². The summed E-state index contributed by atoms with van der Waals surface area (Å²) in [7, 11) is 0. The Bertz CT molecular complexity index is 805. The molecule has 0 spiro atoms. The number of H-pyrrole nitrogens is 1. The van der Waals surface area contributed by atoms with Crippen LogP contribution < -0.4 is 5.32 Å². The number of nitrogens with one attached hydrogen (secondary N) is 2. The molecule has 0 amide bonds. The van der Waals surface area contributed by atoms with E-state index in [0.29, 0.717) is 5.92 Å². The van der Waals surface area contributed by atoms with E-state index in [0.717, 1.165) is 41.8 Å². The van der Waals surface area contributed by atoms with E-state index >= 15 is 0 Å². The number of benzene rings is 1. The summed E-state index contributed by atoms with van der Waals surface area (Å²) in [6.07, 6.45) is 4.19. The molecule has 1 atom stereocenters. The summed E-state index contributed by atoms with van der Waals surface area (Å²) >= 11 is 0. The first-order chi connectivity index (χ1) is 10.8. The minimum absolute atomic E-state index is 0.251. The largest absolute Gasteiger partial charge is 0.507 e. The van der Waals surface area contributed by atoms with E-state index in [-0.39, 0.29) is 5.75 Å². The van der Waals surface area contributed by atoms with E-state index in [4.69, 9.17) is 0 Å². The topological polar surface area (TPSA) is 73.8 Å². The van der Waals surface area contributed by atoms with Gasteiger partial charge in [0.25, 0.3) is 0 Å². The van der Waals surface area contributed by atoms with Crippen LogP contribution >= 0.6 is 0 Å². The molecule has 1 fully saturated rings. The second-order valence-corrected chi connectivity index (χ2v) is 5.79. The minimum Gasteiger partial charge on any atom is -0.507 e. The summed E-state index contributed by atoms with van der Waals surface area (Å²) in [4.78, 5) is 4.62. The highest BCUT2D eigenvalue weighted by atomic mass is 16.3. The number of piperidine rings is 1. The third-order valence-corrected chi connectivity index (χ3v) is 4.37. The van der Waals surface area contributed by atoms with Crippen LogP contribution in [0.5, 0.6) is 5.75 Å². The summed E-state index contributed by atoms with van der Waals surface area (Å²) in [6, 6.07) is 9.42. The first kappa shape index (κ1) is 13.3. The number of para-hydroxylation sites is 1. The van der Waals surface area contributed by atoms with Gasteiger partial charge in [0, 0.05) is 17.5 Å². The Morgan fingerprint density at radius 3 is 2.95 bits per heavy atom. The second kappa shape index (κ2) is 5.42. The molecule has 3 aromatic rings. The second-order valence-electron chi connectivity index (χ2n) is 5.79. The lowest BCUT2D eigenvalue weighted by atomic mass is 9.89. The van der Waals surface area contributed by atoms with Crippen molar-refractivity contribution in [2.24, 2.45) is 0 Å². The van der Waals surface area contributed by atoms with E-state index in [1.807, 2.05) is 24.4 Å². The number of rotatable bonds is 2. The molecule has 1 aliphatic rings. The van der Waals surface area contributed by atoms with Crippen LogP contribution in [0.3, 0.4) is 0 Å². The van der Waals surface area contributed by atoms with Crippen molar-refractivity contribution in [3.8, 4) is 17.0 Å². The maximum atomic E-state index is 10.1. The normalized spacial score (nSPS) is 18.6. The summed E-state index contributed by atoms with van der Waals surface area (Å²) in [6.45, 7) is 2.06. The van der Waals surface area contributed by atoms with E-state index in [9.17, 15) is 5.11 Å². The van der Waals surface area contributed by atoms with Gasteiger partial charge in [0.05, 0.1) is 11.9 Å². The molecular formula is C17H18N4O. The fourth-order valence-electron chi connectivity index (χ4n) is 3.24. The minimum atomic E-state index is 0.251. The molecule has 0 saturated carbocycles. The molecule has 4 rings (SSSR count). The molecule has 3 N–H and O–H groups in total. The molecule has 5 nitrogen and oxygen atoms in total. The third kappa shape index (κ3) is 2.23. The smallest absolute Gasteiger partial charge is 0.156 e. The highest BCUT2D eigenvalue weighted by Crippen LogP contribution is 2.34. The van der Waals surface area contributed by atoms with Crippen LogP contribution in [0.4, 0.5) is 0 Å². The van der Waals surface area contributed by atoms with Crippen molar-refractivity contribution < 1.29 is 5.11 Å². The number of fused-ring (bicyclic) bond motifs is 1. The van der Waals surface area contributed by atoms with Gasteiger partial charge in [0.15, 0.2) is 5.65 Å². The lowest BCUT2D eigenvalue weighted by Crippen LogP contribution is -2.28. The molecule has 3 heterocycles. The van der Waals surface area contributed by atoms with Crippen LogP contribution in [0.1, 0.15) is 24.3 Å². The summed E-state index contributed by atoms with van der Waals surface area (Å²) in [5.41, 5.74) is 3.57. The van der Waals surface area contributed by atoms with Gasteiger partial charge in [0.1, 0.15) is 5.75 Å². The average Bonchev–Trinajstić information content (AvgIpc) is 3.03. The maximum absolute atomic E-state index is 10.1. The Balaban J connectivity index is 1.88. The molecular weight excluding hydrogens is 276 g/mol. The van der Waals surface area contributed by atoms with Crippen molar-refractivity contribution in [3.63, 3.8) is 0 Å². The molecule has 22 heavy (non-hydrogen) atoms. The van der Waals surface area contributed by atoms with Crippen LogP contribution in [0.15, 0.2) is 36.5 Å². The zero-order chi connectivity index (χ0) is 14.9. The molecule has 0 aliphatic carbocycles. The molecule has 1 aromatic carbocycles. The van der Waals surface area contributed by atoms with Crippen molar-refractivity contribution in [1.29, 1.82) is 0 Å². The fraction of sp³-hybridized carbons (Fsp3) is 0.294. The standard InChI is InChI=1S/C17H18N4O/c22-16-6-2-1-5-12(16)15-8-13(11-4-3-7-18-9-11)14-10-19-21-17(14)20-15/h1-2,5-6,8,10-11,18,22H,3-4,7,9H2,(H,19,20,21). The van der Waals surface area contributed by atoms with Crippen LogP contribution in [-0.2, 0) is 0 Å². The van der Waals surface area contributed by atoms with Crippen LogP contribution in [0, 0.1) is 0 Å². The number of aromatic amines is 1. The zero-order valence-corrected chi connectivity index (χ0v) is 12.2. The van der Waals surface area contributed by atoms with Gasteiger partial charge in [-0.25, -0.2) is 4.98 Å². The molecule has 0 radical (unpaired) electrons. The molecule has 1 unspecified atom stereocenters. The van der Waals surface area contributed by atoms with Crippen molar-refractivity contribution in [2.75, 3.05) is 13.1 Å². The molecule has 2 aromatic heterocycles. The fourth-order valence-corrected chi connectivity index (χ4v) is 3.24. The van der Waals surface area contributed by atoms with Gasteiger partial charge in [-0.15, -0.1) is 0 Å². The van der Waals surface area contributed by atoms with Crippen molar-refractivity contribution >= 4 is 11.0 Å². The number of aromatic hydroxyl groups is 1. The van der Waals surface area contributed by atoms with Gasteiger partial charge >= 0.3 is 0 Å². The van der Waals surface area contributed by atoms with Gasteiger partial charge in [-0.2, -0.15) is 5.10 Å². The monoisotopic (exact) mass is 294 g/mol. The Labute approximate surface area is 128 Å². The Morgan fingerprint density at radius 1 is 1.23 bits per heavy atom. The SMILES string of the molecule is Oc1ccccc1-c1cc(C2CCCNC2)c2cn[nH]c2n1. The van der Waals surface area contributed by atoms with Gasteiger partial charge in [-0.05, 0) is 49.1 Å². The zero-order valence-electron chi connectivity index (χ0n) is 12.2. The van der Waals surface area contributed by atoms with Gasteiger partial charge in [-0.1, -0.05) is 12.1 Å². The van der Waals surface area contributed by atoms with Crippen molar-refractivity contribution in [1.82, 2.24) is 20.5 Å². The highest BCUT2D eigenvalue weighted by molar-refractivity contribution is 5.83. The molecule has 1 aliphatic heterocycles. The average molecular weight is 294 g/mol.